The summed E-state index contributed by atoms with van der Waals surface area (Å²) in [6, 6.07) is 2.20. The Bertz CT molecular complexity index is 321. The SMILES string of the molecule is CC(/C=C/C#CC[C@H]1C[C@@H]1CC#N)OP. The van der Waals surface area contributed by atoms with E-state index >= 15 is 0 Å². The molecule has 0 aromatic heterocycles. The van der Waals surface area contributed by atoms with Crippen LogP contribution < -0.4 is 0 Å². The van der Waals surface area contributed by atoms with Crippen LogP contribution in [-0.4, -0.2) is 6.10 Å². The van der Waals surface area contributed by atoms with Crippen molar-refractivity contribution in [2.75, 3.05) is 0 Å². The van der Waals surface area contributed by atoms with E-state index in [9.17, 15) is 0 Å². The Labute approximate surface area is 94.0 Å². The van der Waals surface area contributed by atoms with Crippen LogP contribution in [-0.2, 0) is 4.52 Å². The zero-order valence-corrected chi connectivity index (χ0v) is 10.1. The van der Waals surface area contributed by atoms with Crippen molar-refractivity contribution in [1.29, 1.82) is 5.26 Å². The van der Waals surface area contributed by atoms with Crippen LogP contribution in [0.15, 0.2) is 12.2 Å². The Morgan fingerprint density at radius 2 is 2.27 bits per heavy atom. The molecule has 1 aliphatic carbocycles. The Kier molecular flexibility index (Phi) is 5.41. The molecule has 0 bridgehead atoms. The Hall–Kier alpha value is -0.820. The highest BCUT2D eigenvalue weighted by Crippen LogP contribution is 2.43. The third-order valence-corrected chi connectivity index (χ3v) is 2.98. The molecule has 15 heavy (non-hydrogen) atoms. The van der Waals surface area contributed by atoms with Crippen molar-refractivity contribution >= 4 is 9.47 Å². The van der Waals surface area contributed by atoms with E-state index in [4.69, 9.17) is 9.79 Å². The van der Waals surface area contributed by atoms with E-state index in [2.05, 4.69) is 27.4 Å². The molecule has 0 aromatic carbocycles. The van der Waals surface area contributed by atoms with E-state index in [0.717, 1.165) is 6.42 Å². The minimum Gasteiger partial charge on any atom is -0.359 e. The summed E-state index contributed by atoms with van der Waals surface area (Å²) in [7, 11) is 2.23. The highest BCUT2D eigenvalue weighted by Gasteiger charge is 2.35. The van der Waals surface area contributed by atoms with Crippen LogP contribution in [0, 0.1) is 35.0 Å². The zero-order chi connectivity index (χ0) is 11.1. The molecular formula is C12H16NOP. The van der Waals surface area contributed by atoms with Gasteiger partial charge in [0.15, 0.2) is 0 Å². The maximum Gasteiger partial charge on any atom is 0.0772 e. The van der Waals surface area contributed by atoms with Gasteiger partial charge in [-0.05, 0) is 37.3 Å². The summed E-state index contributed by atoms with van der Waals surface area (Å²) in [5.74, 6) is 7.37. The van der Waals surface area contributed by atoms with Crippen molar-refractivity contribution in [2.24, 2.45) is 11.8 Å². The van der Waals surface area contributed by atoms with Crippen LogP contribution in [0.1, 0.15) is 26.2 Å². The van der Waals surface area contributed by atoms with Crippen molar-refractivity contribution in [1.82, 2.24) is 0 Å². The van der Waals surface area contributed by atoms with Gasteiger partial charge >= 0.3 is 0 Å². The van der Waals surface area contributed by atoms with Gasteiger partial charge in [-0.1, -0.05) is 11.8 Å². The monoisotopic (exact) mass is 221 g/mol. The second kappa shape index (κ2) is 6.62. The third kappa shape index (κ3) is 4.98. The maximum absolute atomic E-state index is 8.48. The van der Waals surface area contributed by atoms with Gasteiger partial charge in [0.05, 0.1) is 12.2 Å². The van der Waals surface area contributed by atoms with Crippen LogP contribution in [0.2, 0.25) is 0 Å². The van der Waals surface area contributed by atoms with Gasteiger partial charge in [-0.2, -0.15) is 5.26 Å². The van der Waals surface area contributed by atoms with Gasteiger partial charge in [0.1, 0.15) is 0 Å². The van der Waals surface area contributed by atoms with Gasteiger partial charge in [0, 0.05) is 22.3 Å². The lowest BCUT2D eigenvalue weighted by molar-refractivity contribution is 0.319. The summed E-state index contributed by atoms with van der Waals surface area (Å²) >= 11 is 0. The third-order valence-electron chi connectivity index (χ3n) is 2.55. The Morgan fingerprint density at radius 3 is 2.93 bits per heavy atom. The van der Waals surface area contributed by atoms with Crippen LogP contribution in [0.5, 0.6) is 0 Å². The largest absolute Gasteiger partial charge is 0.359 e. The molecule has 0 aromatic rings. The molecule has 1 rings (SSSR count). The highest BCUT2D eigenvalue weighted by molar-refractivity contribution is 7.09. The minimum atomic E-state index is 0.0940. The fourth-order valence-electron chi connectivity index (χ4n) is 1.41. The van der Waals surface area contributed by atoms with E-state index < -0.39 is 0 Å². The number of nitrogens with zero attached hydrogens (tertiary/aromatic N) is 1. The topological polar surface area (TPSA) is 33.0 Å². The number of hydrogen-bond acceptors (Lipinski definition) is 2. The summed E-state index contributed by atoms with van der Waals surface area (Å²) in [4.78, 5) is 0. The van der Waals surface area contributed by atoms with Gasteiger partial charge in [-0.3, -0.25) is 0 Å². The van der Waals surface area contributed by atoms with E-state index in [0.29, 0.717) is 18.3 Å². The Morgan fingerprint density at radius 1 is 1.53 bits per heavy atom. The van der Waals surface area contributed by atoms with Crippen molar-refractivity contribution in [3.8, 4) is 17.9 Å². The predicted molar refractivity (Wildman–Crippen MR) is 63.6 cm³/mol. The van der Waals surface area contributed by atoms with Gasteiger partial charge < -0.3 is 4.52 Å². The van der Waals surface area contributed by atoms with Crippen molar-refractivity contribution in [2.45, 2.75) is 32.3 Å². The molecule has 1 fully saturated rings. The molecule has 2 unspecified atom stereocenters. The van der Waals surface area contributed by atoms with Crippen molar-refractivity contribution < 1.29 is 4.52 Å². The van der Waals surface area contributed by atoms with E-state index in [-0.39, 0.29) is 6.10 Å². The molecule has 4 atom stereocenters. The minimum absolute atomic E-state index is 0.0940. The second-order valence-corrected chi connectivity index (χ2v) is 4.12. The molecule has 0 radical (unpaired) electrons. The first-order chi connectivity index (χ1) is 7.27. The fourth-order valence-corrected chi connectivity index (χ4v) is 1.50. The van der Waals surface area contributed by atoms with Crippen molar-refractivity contribution in [3.05, 3.63) is 12.2 Å². The van der Waals surface area contributed by atoms with Crippen LogP contribution in [0.25, 0.3) is 0 Å². The van der Waals surface area contributed by atoms with E-state index in [1.165, 1.54) is 6.42 Å². The van der Waals surface area contributed by atoms with E-state index in [1.807, 2.05) is 19.1 Å². The maximum atomic E-state index is 8.48. The van der Waals surface area contributed by atoms with Crippen LogP contribution in [0.3, 0.4) is 0 Å². The molecular weight excluding hydrogens is 205 g/mol. The second-order valence-electron chi connectivity index (χ2n) is 3.84. The molecule has 0 amide bonds. The first-order valence-corrected chi connectivity index (χ1v) is 5.62. The standard InChI is InChI=1S/C12H16NOP/c1-10(14-15)5-3-2-4-6-11-9-12(11)7-8-13/h3,5,10-12H,6-7,9,15H2,1H3/b5-3+/t10?,11-,12-/m0/s1. The normalized spacial score (nSPS) is 25.4. The van der Waals surface area contributed by atoms with Gasteiger partial charge in [-0.15, -0.1) is 0 Å². The molecule has 0 aliphatic heterocycles. The first kappa shape index (κ1) is 12.3. The summed E-state index contributed by atoms with van der Waals surface area (Å²) in [6.45, 7) is 1.95. The zero-order valence-electron chi connectivity index (χ0n) is 8.94. The summed E-state index contributed by atoms with van der Waals surface area (Å²) in [5.41, 5.74) is 0. The lowest BCUT2D eigenvalue weighted by Gasteiger charge is -1.98. The molecule has 1 saturated carbocycles. The molecule has 2 nitrogen and oxygen atoms in total. The average Bonchev–Trinajstić information content (AvgIpc) is 2.96. The summed E-state index contributed by atoms with van der Waals surface area (Å²) in [6.07, 6.45) is 6.64. The predicted octanol–water partition coefficient (Wildman–Crippen LogP) is 2.68. The van der Waals surface area contributed by atoms with E-state index in [1.54, 1.807) is 0 Å². The molecule has 0 N–H and O–H groups in total. The van der Waals surface area contributed by atoms with Gasteiger partial charge in [0.25, 0.3) is 0 Å². The Balaban J connectivity index is 2.14. The lowest BCUT2D eigenvalue weighted by atomic mass is 10.2. The molecule has 1 aliphatic rings. The summed E-state index contributed by atoms with van der Waals surface area (Å²) < 4.78 is 4.97. The smallest absolute Gasteiger partial charge is 0.0772 e. The first-order valence-electron chi connectivity index (χ1n) is 5.15. The highest BCUT2D eigenvalue weighted by atomic mass is 31.0. The molecule has 3 heteroatoms. The molecule has 0 saturated heterocycles. The molecule has 0 heterocycles. The molecule has 80 valence electrons. The number of hydrogen-bond donors (Lipinski definition) is 0. The van der Waals surface area contributed by atoms with Gasteiger partial charge in [-0.25, -0.2) is 0 Å². The molecule has 0 spiro atoms. The fraction of sp³-hybridized carbons (Fsp3) is 0.583. The lowest BCUT2D eigenvalue weighted by Crippen LogP contribution is -1.93. The van der Waals surface area contributed by atoms with Crippen molar-refractivity contribution in [3.63, 3.8) is 0 Å². The summed E-state index contributed by atoms with van der Waals surface area (Å²) in [5, 5.41) is 8.48. The number of rotatable bonds is 4. The van der Waals surface area contributed by atoms with Crippen LogP contribution in [0.4, 0.5) is 0 Å². The number of nitriles is 1. The van der Waals surface area contributed by atoms with Gasteiger partial charge in [0.2, 0.25) is 0 Å². The average molecular weight is 221 g/mol. The number of allylic oxidation sites excluding steroid dienone is 1. The quantitative estimate of drug-likeness (QED) is 0.540. The van der Waals surface area contributed by atoms with Crippen LogP contribution >= 0.6 is 9.47 Å².